The van der Waals surface area contributed by atoms with Gasteiger partial charge in [-0.3, -0.25) is 4.79 Å². The van der Waals surface area contributed by atoms with Crippen molar-refractivity contribution in [3.05, 3.63) is 82.1 Å². The summed E-state index contributed by atoms with van der Waals surface area (Å²) in [7, 11) is 0. The van der Waals surface area contributed by atoms with E-state index in [9.17, 15) is 18.4 Å². The lowest BCUT2D eigenvalue weighted by atomic mass is 10.1. The van der Waals surface area contributed by atoms with Crippen molar-refractivity contribution >= 4 is 24.1 Å². The average Bonchev–Trinajstić information content (AvgIpc) is 3.31. The van der Waals surface area contributed by atoms with Gasteiger partial charge in [0.1, 0.15) is 11.6 Å². The molecule has 35 heavy (non-hydrogen) atoms. The van der Waals surface area contributed by atoms with Gasteiger partial charge in [-0.05, 0) is 74.8 Å². The number of halogens is 3. The number of rotatable bonds is 8. The number of hydrogen-bond acceptors (Lipinski definition) is 4. The Labute approximate surface area is 208 Å². The lowest BCUT2D eigenvalue weighted by Gasteiger charge is -2.14. The zero-order valence-electron chi connectivity index (χ0n) is 19.2. The van der Waals surface area contributed by atoms with Gasteiger partial charge < -0.3 is 15.5 Å². The zero-order chi connectivity index (χ0) is 23.9. The third-order valence-electron chi connectivity index (χ3n) is 5.68. The standard InChI is InChI=1S/C25H27F2N5O2.ClH/c26-20-14-19(15-21(27)16-20)23-7-8-24(33)32(30-23)17-18-5-3-6-22(13-18)29-25(34)28-9-4-12-31-10-1-2-11-31;/h3,5-8,13-16H,1-2,4,9-12,17H2,(H2,28,29,34);1H. The number of hydrogen-bond donors (Lipinski definition) is 2. The van der Waals surface area contributed by atoms with Gasteiger partial charge >= 0.3 is 6.03 Å². The first-order valence-corrected chi connectivity index (χ1v) is 11.4. The molecule has 2 N–H and O–H groups in total. The minimum atomic E-state index is -0.720. The van der Waals surface area contributed by atoms with E-state index in [2.05, 4.69) is 20.6 Å². The van der Waals surface area contributed by atoms with Crippen LogP contribution in [0.25, 0.3) is 11.3 Å². The number of urea groups is 1. The van der Waals surface area contributed by atoms with Gasteiger partial charge in [-0.2, -0.15) is 5.10 Å². The van der Waals surface area contributed by atoms with Gasteiger partial charge in [-0.15, -0.1) is 12.4 Å². The minimum Gasteiger partial charge on any atom is -0.338 e. The lowest BCUT2D eigenvalue weighted by molar-refractivity contribution is 0.251. The van der Waals surface area contributed by atoms with Crippen molar-refractivity contribution in [3.63, 3.8) is 0 Å². The number of amides is 2. The number of carbonyl (C=O) groups is 1. The second-order valence-corrected chi connectivity index (χ2v) is 8.36. The predicted octanol–water partition coefficient (Wildman–Crippen LogP) is 4.27. The molecule has 0 unspecified atom stereocenters. The van der Waals surface area contributed by atoms with Crippen LogP contribution in [0.1, 0.15) is 24.8 Å². The summed E-state index contributed by atoms with van der Waals surface area (Å²) in [5.74, 6) is -1.44. The zero-order valence-corrected chi connectivity index (χ0v) is 20.0. The predicted molar refractivity (Wildman–Crippen MR) is 134 cm³/mol. The van der Waals surface area contributed by atoms with E-state index in [0.717, 1.165) is 49.8 Å². The summed E-state index contributed by atoms with van der Waals surface area (Å²) in [5, 5.41) is 9.93. The van der Waals surface area contributed by atoms with Crippen molar-refractivity contribution in [2.24, 2.45) is 0 Å². The lowest BCUT2D eigenvalue weighted by Crippen LogP contribution is -2.32. The van der Waals surface area contributed by atoms with Gasteiger partial charge in [0.05, 0.1) is 12.2 Å². The Balaban J connectivity index is 0.00000342. The van der Waals surface area contributed by atoms with Gasteiger partial charge in [-0.25, -0.2) is 18.3 Å². The van der Waals surface area contributed by atoms with Gasteiger partial charge in [0, 0.05) is 29.9 Å². The highest BCUT2D eigenvalue weighted by atomic mass is 35.5. The van der Waals surface area contributed by atoms with E-state index in [-0.39, 0.29) is 41.8 Å². The number of aromatic nitrogens is 2. The van der Waals surface area contributed by atoms with E-state index in [1.54, 1.807) is 18.2 Å². The Morgan fingerprint density at radius 3 is 2.49 bits per heavy atom. The van der Waals surface area contributed by atoms with Gasteiger partial charge in [0.25, 0.3) is 5.56 Å². The molecule has 3 aromatic rings. The first-order valence-electron chi connectivity index (χ1n) is 11.4. The highest BCUT2D eigenvalue weighted by molar-refractivity contribution is 5.89. The molecular weight excluding hydrogens is 476 g/mol. The van der Waals surface area contributed by atoms with E-state index < -0.39 is 11.6 Å². The van der Waals surface area contributed by atoms with Crippen LogP contribution in [0, 0.1) is 11.6 Å². The molecule has 0 atom stereocenters. The molecule has 0 aliphatic carbocycles. The molecule has 186 valence electrons. The van der Waals surface area contributed by atoms with Crippen LogP contribution in [-0.2, 0) is 6.54 Å². The second kappa shape index (κ2) is 12.4. The van der Waals surface area contributed by atoms with Crippen LogP contribution in [0.5, 0.6) is 0 Å². The highest BCUT2D eigenvalue weighted by Crippen LogP contribution is 2.19. The molecule has 2 aromatic carbocycles. The van der Waals surface area contributed by atoms with Crippen molar-refractivity contribution in [2.75, 3.05) is 31.5 Å². The molecule has 1 fully saturated rings. The van der Waals surface area contributed by atoms with Gasteiger partial charge in [0.15, 0.2) is 0 Å². The monoisotopic (exact) mass is 503 g/mol. The minimum absolute atomic E-state index is 0. The summed E-state index contributed by atoms with van der Waals surface area (Å²) in [5.41, 5.74) is 1.49. The van der Waals surface area contributed by atoms with Crippen LogP contribution in [0.15, 0.2) is 59.4 Å². The molecule has 2 amide bonds. The van der Waals surface area contributed by atoms with E-state index in [0.29, 0.717) is 12.2 Å². The average molecular weight is 504 g/mol. The smallest absolute Gasteiger partial charge is 0.319 e. The van der Waals surface area contributed by atoms with Crippen molar-refractivity contribution in [1.82, 2.24) is 20.0 Å². The first kappa shape index (κ1) is 26.3. The molecule has 7 nitrogen and oxygen atoms in total. The first-order chi connectivity index (χ1) is 16.5. The highest BCUT2D eigenvalue weighted by Gasteiger charge is 2.11. The number of benzene rings is 2. The Bertz CT molecular complexity index is 1190. The van der Waals surface area contributed by atoms with Gasteiger partial charge in [0.2, 0.25) is 0 Å². The van der Waals surface area contributed by atoms with Crippen LogP contribution in [-0.4, -0.2) is 46.9 Å². The second-order valence-electron chi connectivity index (χ2n) is 8.36. The van der Waals surface area contributed by atoms with E-state index in [1.807, 2.05) is 6.07 Å². The molecule has 4 rings (SSSR count). The molecule has 0 radical (unpaired) electrons. The Morgan fingerprint density at radius 2 is 1.74 bits per heavy atom. The molecule has 0 bridgehead atoms. The summed E-state index contributed by atoms with van der Waals surface area (Å²) < 4.78 is 28.4. The molecule has 1 aromatic heterocycles. The maximum atomic E-state index is 13.6. The van der Waals surface area contributed by atoms with Crippen LogP contribution in [0.3, 0.4) is 0 Å². The molecule has 1 saturated heterocycles. The Hall–Kier alpha value is -3.30. The number of likely N-dealkylation sites (tertiary alicyclic amines) is 1. The molecule has 10 heteroatoms. The quantitative estimate of drug-likeness (QED) is 0.450. The maximum absolute atomic E-state index is 13.6. The summed E-state index contributed by atoms with van der Waals surface area (Å²) in [6.45, 7) is 3.99. The van der Waals surface area contributed by atoms with Crippen LogP contribution in [0.4, 0.5) is 19.3 Å². The number of nitrogens with zero attached hydrogens (tertiary/aromatic N) is 3. The van der Waals surface area contributed by atoms with Crippen LogP contribution < -0.4 is 16.2 Å². The van der Waals surface area contributed by atoms with E-state index in [1.165, 1.54) is 29.7 Å². The molecule has 1 aliphatic rings. The molecule has 2 heterocycles. The summed E-state index contributed by atoms with van der Waals surface area (Å²) in [6, 6.07) is 12.6. The van der Waals surface area contributed by atoms with Crippen molar-refractivity contribution in [1.29, 1.82) is 0 Å². The molecule has 0 saturated carbocycles. The third-order valence-corrected chi connectivity index (χ3v) is 5.68. The maximum Gasteiger partial charge on any atom is 0.319 e. The van der Waals surface area contributed by atoms with Crippen LogP contribution in [0.2, 0.25) is 0 Å². The Morgan fingerprint density at radius 1 is 1.00 bits per heavy atom. The fraction of sp³-hybridized carbons (Fsp3) is 0.320. The Kier molecular flexibility index (Phi) is 9.33. The van der Waals surface area contributed by atoms with Crippen molar-refractivity contribution < 1.29 is 13.6 Å². The third kappa shape index (κ3) is 7.60. The molecule has 1 aliphatic heterocycles. The fourth-order valence-corrected chi connectivity index (χ4v) is 4.02. The number of anilines is 1. The largest absolute Gasteiger partial charge is 0.338 e. The van der Waals surface area contributed by atoms with E-state index >= 15 is 0 Å². The van der Waals surface area contributed by atoms with Crippen molar-refractivity contribution in [3.8, 4) is 11.3 Å². The summed E-state index contributed by atoms with van der Waals surface area (Å²) in [6.07, 6.45) is 3.40. The van der Waals surface area contributed by atoms with Gasteiger partial charge in [-0.1, -0.05) is 12.1 Å². The van der Waals surface area contributed by atoms with Crippen LogP contribution >= 0.6 is 12.4 Å². The summed E-state index contributed by atoms with van der Waals surface area (Å²) >= 11 is 0. The fourth-order valence-electron chi connectivity index (χ4n) is 4.02. The number of carbonyl (C=O) groups excluding carboxylic acids is 1. The SMILES string of the molecule is Cl.O=C(NCCCN1CCCC1)Nc1cccc(Cn2nc(-c3cc(F)cc(F)c3)ccc2=O)c1. The molecule has 0 spiro atoms. The van der Waals surface area contributed by atoms with E-state index in [4.69, 9.17) is 0 Å². The van der Waals surface area contributed by atoms with Crippen molar-refractivity contribution in [2.45, 2.75) is 25.8 Å². The molecular formula is C25H28ClF2N5O2. The normalized spacial score (nSPS) is 13.3. The number of nitrogens with one attached hydrogen (secondary N) is 2. The topological polar surface area (TPSA) is 79.3 Å². The summed E-state index contributed by atoms with van der Waals surface area (Å²) in [4.78, 5) is 26.9.